The highest BCUT2D eigenvalue weighted by atomic mass is 16.1. The predicted octanol–water partition coefficient (Wildman–Crippen LogP) is 2.03. The highest BCUT2D eigenvalue weighted by Gasteiger charge is 2.15. The summed E-state index contributed by atoms with van der Waals surface area (Å²) in [6, 6.07) is 3.58. The summed E-state index contributed by atoms with van der Waals surface area (Å²) in [7, 11) is 0. The van der Waals surface area contributed by atoms with E-state index < -0.39 is 0 Å². The van der Waals surface area contributed by atoms with Crippen molar-refractivity contribution in [3.05, 3.63) is 52.6 Å². The van der Waals surface area contributed by atoms with Gasteiger partial charge in [0.1, 0.15) is 0 Å². The molecule has 0 amide bonds. The lowest BCUT2D eigenvalue weighted by atomic mass is 10.0. The van der Waals surface area contributed by atoms with Crippen LogP contribution in [0.2, 0.25) is 0 Å². The largest absolute Gasteiger partial charge is 0.288 e. The van der Waals surface area contributed by atoms with Crippen molar-refractivity contribution in [1.29, 1.82) is 0 Å². The number of hydrogen-bond donors (Lipinski definition) is 0. The maximum atomic E-state index is 12.3. The molecule has 0 saturated heterocycles. The summed E-state index contributed by atoms with van der Waals surface area (Å²) in [6.07, 6.45) is 3.27. The van der Waals surface area contributed by atoms with Crippen molar-refractivity contribution >= 4 is 5.78 Å². The lowest BCUT2D eigenvalue weighted by Crippen LogP contribution is -2.09. The average molecular weight is 227 g/mol. The first-order valence-electron chi connectivity index (χ1n) is 5.36. The van der Waals surface area contributed by atoms with Gasteiger partial charge < -0.3 is 0 Å². The predicted molar refractivity (Wildman–Crippen MR) is 63.9 cm³/mol. The molecule has 0 aromatic carbocycles. The summed E-state index contributed by atoms with van der Waals surface area (Å²) < 4.78 is 0. The average Bonchev–Trinajstić information content (AvgIpc) is 2.32. The van der Waals surface area contributed by atoms with E-state index in [-0.39, 0.29) is 5.78 Å². The summed E-state index contributed by atoms with van der Waals surface area (Å²) in [4.78, 5) is 16.3. The van der Waals surface area contributed by atoms with Crippen LogP contribution in [0.5, 0.6) is 0 Å². The fourth-order valence-corrected chi connectivity index (χ4v) is 1.63. The second-order valence-corrected chi connectivity index (χ2v) is 4.00. The van der Waals surface area contributed by atoms with Crippen LogP contribution in [0.3, 0.4) is 0 Å². The molecular weight excluding hydrogens is 214 g/mol. The van der Waals surface area contributed by atoms with E-state index in [0.717, 1.165) is 11.3 Å². The fraction of sp³-hybridized carbons (Fsp3) is 0.231. The Hall–Kier alpha value is -2.10. The van der Waals surface area contributed by atoms with E-state index in [1.54, 1.807) is 25.4 Å². The van der Waals surface area contributed by atoms with Gasteiger partial charge >= 0.3 is 0 Å². The van der Waals surface area contributed by atoms with Crippen LogP contribution in [-0.2, 0) is 0 Å². The Labute approximate surface area is 99.7 Å². The van der Waals surface area contributed by atoms with Gasteiger partial charge in [0, 0.05) is 23.5 Å². The fourth-order valence-electron chi connectivity index (χ4n) is 1.63. The topological polar surface area (TPSA) is 55.7 Å². The summed E-state index contributed by atoms with van der Waals surface area (Å²) in [5, 5.41) is 7.88. The molecule has 0 fully saturated rings. The maximum Gasteiger partial charge on any atom is 0.196 e. The van der Waals surface area contributed by atoms with Crippen molar-refractivity contribution in [3.8, 4) is 0 Å². The van der Waals surface area contributed by atoms with Gasteiger partial charge in [0.05, 0.1) is 11.4 Å². The van der Waals surface area contributed by atoms with Crippen molar-refractivity contribution in [3.63, 3.8) is 0 Å². The van der Waals surface area contributed by atoms with Gasteiger partial charge in [-0.3, -0.25) is 9.78 Å². The van der Waals surface area contributed by atoms with Gasteiger partial charge in [0.2, 0.25) is 0 Å². The van der Waals surface area contributed by atoms with Crippen LogP contribution in [0.1, 0.15) is 32.9 Å². The number of pyridine rings is 1. The van der Waals surface area contributed by atoms with Gasteiger partial charge in [0.15, 0.2) is 5.78 Å². The third-order valence-corrected chi connectivity index (χ3v) is 2.63. The van der Waals surface area contributed by atoms with E-state index in [9.17, 15) is 4.79 Å². The van der Waals surface area contributed by atoms with Crippen LogP contribution in [0.4, 0.5) is 0 Å². The third-order valence-electron chi connectivity index (χ3n) is 2.63. The Morgan fingerprint density at radius 1 is 1.12 bits per heavy atom. The minimum atomic E-state index is -0.0499. The lowest BCUT2D eigenvalue weighted by Gasteiger charge is -2.06. The van der Waals surface area contributed by atoms with Crippen molar-refractivity contribution in [1.82, 2.24) is 15.2 Å². The summed E-state index contributed by atoms with van der Waals surface area (Å²) in [6.45, 7) is 5.50. The molecule has 2 aromatic rings. The molecular formula is C13H13N3O. The minimum absolute atomic E-state index is 0.0499. The molecule has 0 radical (unpaired) electrons. The minimum Gasteiger partial charge on any atom is -0.288 e. The van der Waals surface area contributed by atoms with Crippen molar-refractivity contribution in [2.75, 3.05) is 0 Å². The monoisotopic (exact) mass is 227 g/mol. The second-order valence-electron chi connectivity index (χ2n) is 4.00. The van der Waals surface area contributed by atoms with Crippen LogP contribution in [0.25, 0.3) is 0 Å². The molecule has 86 valence electrons. The van der Waals surface area contributed by atoms with Gasteiger partial charge in [-0.15, -0.1) is 0 Å². The summed E-state index contributed by atoms with van der Waals surface area (Å²) >= 11 is 0. The number of aromatic nitrogens is 3. The summed E-state index contributed by atoms with van der Waals surface area (Å²) in [5.74, 6) is -0.0499. The summed E-state index contributed by atoms with van der Waals surface area (Å²) in [5.41, 5.74) is 3.50. The number of carbonyl (C=O) groups is 1. The molecule has 0 atom stereocenters. The van der Waals surface area contributed by atoms with Crippen molar-refractivity contribution in [2.24, 2.45) is 0 Å². The number of carbonyl (C=O) groups excluding carboxylic acids is 1. The number of ketones is 1. The van der Waals surface area contributed by atoms with Crippen LogP contribution in [0, 0.1) is 20.8 Å². The Morgan fingerprint density at radius 2 is 1.88 bits per heavy atom. The normalized spacial score (nSPS) is 10.3. The van der Waals surface area contributed by atoms with E-state index in [1.165, 1.54) is 0 Å². The highest BCUT2D eigenvalue weighted by Crippen LogP contribution is 2.14. The third kappa shape index (κ3) is 2.20. The van der Waals surface area contributed by atoms with Crippen molar-refractivity contribution < 1.29 is 4.79 Å². The molecule has 0 saturated carbocycles. The standard InChI is InChI=1S/C13H13N3O/c1-8-4-5-14-7-12(8)13(17)11-6-9(2)15-16-10(11)3/h4-7H,1-3H3. The molecule has 0 aliphatic heterocycles. The van der Waals surface area contributed by atoms with Gasteiger partial charge in [-0.1, -0.05) is 0 Å². The molecule has 0 aliphatic carbocycles. The maximum absolute atomic E-state index is 12.3. The molecule has 17 heavy (non-hydrogen) atoms. The zero-order valence-corrected chi connectivity index (χ0v) is 10.1. The molecule has 4 heteroatoms. The first-order chi connectivity index (χ1) is 8.09. The van der Waals surface area contributed by atoms with Gasteiger partial charge in [-0.2, -0.15) is 10.2 Å². The van der Waals surface area contributed by atoms with Gasteiger partial charge in [-0.25, -0.2) is 0 Å². The highest BCUT2D eigenvalue weighted by molar-refractivity contribution is 6.10. The number of nitrogens with zero attached hydrogens (tertiary/aromatic N) is 3. The second kappa shape index (κ2) is 4.41. The van der Waals surface area contributed by atoms with Crippen LogP contribution >= 0.6 is 0 Å². The molecule has 0 N–H and O–H groups in total. The molecule has 2 aromatic heterocycles. The molecule has 0 spiro atoms. The molecule has 0 aliphatic rings. The Balaban J connectivity index is 2.51. The van der Waals surface area contributed by atoms with Crippen LogP contribution < -0.4 is 0 Å². The van der Waals surface area contributed by atoms with E-state index in [1.807, 2.05) is 19.9 Å². The first-order valence-corrected chi connectivity index (χ1v) is 5.36. The molecule has 0 unspecified atom stereocenters. The molecule has 2 heterocycles. The smallest absolute Gasteiger partial charge is 0.196 e. The van der Waals surface area contributed by atoms with E-state index in [2.05, 4.69) is 15.2 Å². The Bertz CT molecular complexity index is 579. The van der Waals surface area contributed by atoms with E-state index in [0.29, 0.717) is 16.8 Å². The van der Waals surface area contributed by atoms with Crippen LogP contribution in [-0.4, -0.2) is 21.0 Å². The number of hydrogen-bond acceptors (Lipinski definition) is 4. The van der Waals surface area contributed by atoms with E-state index >= 15 is 0 Å². The molecule has 0 bridgehead atoms. The van der Waals surface area contributed by atoms with Crippen LogP contribution in [0.15, 0.2) is 24.5 Å². The van der Waals surface area contributed by atoms with E-state index in [4.69, 9.17) is 0 Å². The zero-order valence-electron chi connectivity index (χ0n) is 10.1. The molecule has 2 rings (SSSR count). The van der Waals surface area contributed by atoms with Gasteiger partial charge in [-0.05, 0) is 38.5 Å². The Morgan fingerprint density at radius 3 is 2.59 bits per heavy atom. The van der Waals surface area contributed by atoms with Crippen molar-refractivity contribution in [2.45, 2.75) is 20.8 Å². The van der Waals surface area contributed by atoms with Gasteiger partial charge in [0.25, 0.3) is 0 Å². The lowest BCUT2D eigenvalue weighted by molar-refractivity contribution is 0.103. The number of rotatable bonds is 2. The SMILES string of the molecule is Cc1cc(C(=O)c2cnccc2C)c(C)nn1. The molecule has 4 nitrogen and oxygen atoms in total. The Kier molecular flexibility index (Phi) is 2.95. The zero-order chi connectivity index (χ0) is 12.4. The number of aryl methyl sites for hydroxylation is 3. The quantitative estimate of drug-likeness (QED) is 0.736. The first kappa shape index (κ1) is 11.4.